The lowest BCUT2D eigenvalue weighted by atomic mass is 10.0. The molecule has 3 aromatic rings. The van der Waals surface area contributed by atoms with Crippen molar-refractivity contribution in [3.05, 3.63) is 78.1 Å². The molecule has 0 bridgehead atoms. The average molecular weight is 349 g/mol. The van der Waals surface area contributed by atoms with Crippen LogP contribution in [0, 0.1) is 0 Å². The summed E-state index contributed by atoms with van der Waals surface area (Å²) in [6.07, 6.45) is 8.40. The van der Waals surface area contributed by atoms with E-state index in [4.69, 9.17) is 9.47 Å². The van der Waals surface area contributed by atoms with Gasteiger partial charge in [-0.05, 0) is 59.0 Å². The molecule has 0 aliphatic carbocycles. The number of benzene rings is 2. The minimum absolute atomic E-state index is 0.239. The van der Waals surface area contributed by atoms with Crippen molar-refractivity contribution >= 4 is 16.8 Å². The van der Waals surface area contributed by atoms with E-state index >= 15 is 0 Å². The van der Waals surface area contributed by atoms with Crippen LogP contribution in [0.15, 0.2) is 67.0 Å². The molecule has 3 rings (SSSR count). The van der Waals surface area contributed by atoms with E-state index in [9.17, 15) is 5.11 Å². The highest BCUT2D eigenvalue weighted by Gasteiger charge is 2.02. The van der Waals surface area contributed by atoms with Crippen LogP contribution in [0.5, 0.6) is 5.75 Å². The van der Waals surface area contributed by atoms with Crippen molar-refractivity contribution in [2.45, 2.75) is 18.9 Å². The molecule has 0 spiro atoms. The van der Waals surface area contributed by atoms with Gasteiger partial charge < -0.3 is 14.6 Å². The molecule has 4 nitrogen and oxygen atoms in total. The zero-order valence-corrected chi connectivity index (χ0v) is 14.8. The van der Waals surface area contributed by atoms with Crippen molar-refractivity contribution < 1.29 is 14.6 Å². The molecule has 134 valence electrons. The molecule has 1 aromatic heterocycles. The summed E-state index contributed by atoms with van der Waals surface area (Å²) in [7, 11) is 1.60. The Morgan fingerprint density at radius 1 is 1.12 bits per heavy atom. The molecule has 1 unspecified atom stereocenters. The van der Waals surface area contributed by atoms with Crippen molar-refractivity contribution in [3.63, 3.8) is 0 Å². The number of hydrogen-bond acceptors (Lipinski definition) is 4. The molecule has 1 N–H and O–H groups in total. The molecule has 26 heavy (non-hydrogen) atoms. The molecule has 1 heterocycles. The fraction of sp³-hybridized carbons (Fsp3) is 0.227. The quantitative estimate of drug-likeness (QED) is 0.619. The van der Waals surface area contributed by atoms with Crippen molar-refractivity contribution in [1.29, 1.82) is 0 Å². The summed E-state index contributed by atoms with van der Waals surface area (Å²) in [5, 5.41) is 12.4. The van der Waals surface area contributed by atoms with E-state index in [-0.39, 0.29) is 6.79 Å². The maximum atomic E-state index is 10.2. The van der Waals surface area contributed by atoms with Crippen LogP contribution in [0.3, 0.4) is 0 Å². The van der Waals surface area contributed by atoms with Crippen LogP contribution in [0.2, 0.25) is 0 Å². The SMILES string of the molecule is COCOc1ccc2cc(/C=C/C(O)CCc3cccnc3)ccc2c1. The Bertz CT molecular complexity index is 862. The smallest absolute Gasteiger partial charge is 0.188 e. The maximum absolute atomic E-state index is 10.2. The molecule has 0 amide bonds. The summed E-state index contributed by atoms with van der Waals surface area (Å²) in [5.74, 6) is 0.786. The van der Waals surface area contributed by atoms with Gasteiger partial charge in [-0.25, -0.2) is 0 Å². The fourth-order valence-corrected chi connectivity index (χ4v) is 2.74. The first kappa shape index (κ1) is 18.1. The predicted octanol–water partition coefficient (Wildman–Crippen LogP) is 4.22. The number of aliphatic hydroxyl groups excluding tert-OH is 1. The largest absolute Gasteiger partial charge is 0.468 e. The van der Waals surface area contributed by atoms with Crippen molar-refractivity contribution in [2.75, 3.05) is 13.9 Å². The second-order valence-corrected chi connectivity index (χ2v) is 6.15. The average Bonchev–Trinajstić information content (AvgIpc) is 2.69. The lowest BCUT2D eigenvalue weighted by Crippen LogP contribution is -2.03. The molecule has 2 aromatic carbocycles. The Labute approximate surface area is 153 Å². The van der Waals surface area contributed by atoms with E-state index < -0.39 is 6.10 Å². The van der Waals surface area contributed by atoms with E-state index in [0.717, 1.165) is 34.1 Å². The molecule has 0 radical (unpaired) electrons. The van der Waals surface area contributed by atoms with Gasteiger partial charge in [0.15, 0.2) is 6.79 Å². The number of rotatable bonds is 8. The lowest BCUT2D eigenvalue weighted by molar-refractivity contribution is 0.0512. The molecule has 0 saturated carbocycles. The van der Waals surface area contributed by atoms with Gasteiger partial charge in [0.25, 0.3) is 0 Å². The Hall–Kier alpha value is -2.69. The van der Waals surface area contributed by atoms with Crippen molar-refractivity contribution in [3.8, 4) is 5.75 Å². The molecule has 4 heteroatoms. The first-order chi connectivity index (χ1) is 12.7. The van der Waals surface area contributed by atoms with Gasteiger partial charge in [-0.3, -0.25) is 4.98 Å². The summed E-state index contributed by atoms with van der Waals surface area (Å²) >= 11 is 0. The second kappa shape index (κ2) is 9.13. The van der Waals surface area contributed by atoms with Gasteiger partial charge in [0.2, 0.25) is 0 Å². The molecule has 1 atom stereocenters. The van der Waals surface area contributed by atoms with Gasteiger partial charge in [0.05, 0.1) is 6.10 Å². The number of aryl methyl sites for hydroxylation is 1. The number of aliphatic hydroxyl groups is 1. The highest BCUT2D eigenvalue weighted by molar-refractivity contribution is 5.86. The summed E-state index contributed by atoms with van der Waals surface area (Å²) in [4.78, 5) is 4.09. The summed E-state index contributed by atoms with van der Waals surface area (Å²) in [5.41, 5.74) is 2.20. The number of aromatic nitrogens is 1. The van der Waals surface area contributed by atoms with Gasteiger partial charge in [-0.15, -0.1) is 0 Å². The third-order valence-corrected chi connectivity index (χ3v) is 4.14. The lowest BCUT2D eigenvalue weighted by Gasteiger charge is -2.07. The van der Waals surface area contributed by atoms with Crippen LogP contribution < -0.4 is 4.74 Å². The normalized spacial score (nSPS) is 12.5. The van der Waals surface area contributed by atoms with Crippen LogP contribution in [0.25, 0.3) is 16.8 Å². The van der Waals surface area contributed by atoms with Crippen LogP contribution in [0.4, 0.5) is 0 Å². The van der Waals surface area contributed by atoms with Crippen LogP contribution in [-0.2, 0) is 11.2 Å². The maximum Gasteiger partial charge on any atom is 0.188 e. The number of nitrogens with zero attached hydrogens (tertiary/aromatic N) is 1. The van der Waals surface area contributed by atoms with Crippen molar-refractivity contribution in [1.82, 2.24) is 4.98 Å². The first-order valence-electron chi connectivity index (χ1n) is 8.65. The fourth-order valence-electron chi connectivity index (χ4n) is 2.74. The van der Waals surface area contributed by atoms with Gasteiger partial charge >= 0.3 is 0 Å². The van der Waals surface area contributed by atoms with Crippen LogP contribution in [-0.4, -0.2) is 30.1 Å². The van der Waals surface area contributed by atoms with Gasteiger partial charge in [0.1, 0.15) is 5.75 Å². The van der Waals surface area contributed by atoms with Gasteiger partial charge in [0, 0.05) is 19.5 Å². The number of pyridine rings is 1. The number of fused-ring (bicyclic) bond motifs is 1. The van der Waals surface area contributed by atoms with Crippen molar-refractivity contribution in [2.24, 2.45) is 0 Å². The van der Waals surface area contributed by atoms with E-state index in [2.05, 4.69) is 17.1 Å². The van der Waals surface area contributed by atoms with E-state index in [0.29, 0.717) is 6.42 Å². The standard InChI is InChI=1S/C22H23NO3/c1-25-16-26-22-11-8-19-13-17(4-7-20(19)14-22)5-9-21(24)10-6-18-3-2-12-23-15-18/h2-5,7-9,11-15,21,24H,6,10,16H2,1H3/b9-5+. The zero-order chi connectivity index (χ0) is 18.2. The van der Waals surface area contributed by atoms with E-state index in [1.165, 1.54) is 0 Å². The number of methoxy groups -OCH3 is 1. The molecule has 0 fully saturated rings. The Morgan fingerprint density at radius 2 is 1.96 bits per heavy atom. The first-order valence-corrected chi connectivity index (χ1v) is 8.65. The highest BCUT2D eigenvalue weighted by atomic mass is 16.7. The summed E-state index contributed by atoms with van der Waals surface area (Å²) < 4.78 is 10.4. The summed E-state index contributed by atoms with van der Waals surface area (Å²) in [6, 6.07) is 16.1. The third-order valence-electron chi connectivity index (χ3n) is 4.14. The van der Waals surface area contributed by atoms with Crippen LogP contribution in [0.1, 0.15) is 17.5 Å². The molecule has 0 aliphatic heterocycles. The zero-order valence-electron chi connectivity index (χ0n) is 14.8. The van der Waals surface area contributed by atoms with E-state index in [1.54, 1.807) is 13.3 Å². The molecular weight excluding hydrogens is 326 g/mol. The van der Waals surface area contributed by atoms with Gasteiger partial charge in [-0.2, -0.15) is 0 Å². The number of ether oxygens (including phenoxy) is 2. The molecule has 0 aliphatic rings. The Morgan fingerprint density at radius 3 is 2.77 bits per heavy atom. The third kappa shape index (κ3) is 5.15. The van der Waals surface area contributed by atoms with Gasteiger partial charge in [-0.1, -0.05) is 36.4 Å². The monoisotopic (exact) mass is 349 g/mol. The Balaban J connectivity index is 1.61. The predicted molar refractivity (Wildman–Crippen MR) is 104 cm³/mol. The minimum Gasteiger partial charge on any atom is -0.468 e. The molecule has 0 saturated heterocycles. The molecular formula is C22H23NO3. The minimum atomic E-state index is -0.476. The van der Waals surface area contributed by atoms with Crippen LogP contribution >= 0.6 is 0 Å². The van der Waals surface area contributed by atoms with E-state index in [1.807, 2.05) is 54.7 Å². The Kier molecular flexibility index (Phi) is 6.36. The topological polar surface area (TPSA) is 51.6 Å². The summed E-state index contributed by atoms with van der Waals surface area (Å²) in [6.45, 7) is 0.239. The second-order valence-electron chi connectivity index (χ2n) is 6.15. The number of hydrogen-bond donors (Lipinski definition) is 1. The highest BCUT2D eigenvalue weighted by Crippen LogP contribution is 2.23.